The van der Waals surface area contributed by atoms with Crippen LogP contribution >= 0.6 is 0 Å². The molecule has 2 N–H and O–H groups in total. The zero-order valence-electron chi connectivity index (χ0n) is 15.0. The Labute approximate surface area is 149 Å². The van der Waals surface area contributed by atoms with Crippen LogP contribution in [0.25, 0.3) is 0 Å². The molecule has 0 saturated heterocycles. The van der Waals surface area contributed by atoms with E-state index in [0.29, 0.717) is 11.3 Å². The molecule has 4 bridgehead atoms. The summed E-state index contributed by atoms with van der Waals surface area (Å²) < 4.78 is 9.86. The molecule has 1 unspecified atom stereocenters. The van der Waals surface area contributed by atoms with Crippen molar-refractivity contribution in [2.45, 2.75) is 51.6 Å². The normalized spacial score (nSPS) is 30.0. The fraction of sp³-hybridized carbons (Fsp3) is 0.619. The Kier molecular flexibility index (Phi) is 6.38. The monoisotopic (exact) mass is 346 g/mol. The molecule has 0 aliphatic heterocycles. The molecule has 4 fully saturated rings. The van der Waals surface area contributed by atoms with Crippen LogP contribution in [0.1, 0.15) is 62.9 Å². The van der Waals surface area contributed by atoms with Crippen LogP contribution in [0.2, 0.25) is 0 Å². The van der Waals surface area contributed by atoms with Crippen molar-refractivity contribution in [1.82, 2.24) is 0 Å². The summed E-state index contributed by atoms with van der Waals surface area (Å²) in [5.74, 6) is 5.23. The molecule has 4 saturated carbocycles. The highest BCUT2D eigenvalue weighted by Gasteiger charge is 2.41. The molecular formula is C21H30O4. The van der Waals surface area contributed by atoms with Gasteiger partial charge in [0.2, 0.25) is 0 Å². The smallest absolute Gasteiger partial charge is 0.140 e. The van der Waals surface area contributed by atoms with Gasteiger partial charge in [-0.3, -0.25) is 0 Å². The topological polar surface area (TPSA) is 66.7 Å². The fourth-order valence-electron chi connectivity index (χ4n) is 5.02. The van der Waals surface area contributed by atoms with E-state index >= 15 is 0 Å². The minimum atomic E-state index is -0.723. The second-order valence-electron chi connectivity index (χ2n) is 7.67. The van der Waals surface area contributed by atoms with Gasteiger partial charge >= 0.3 is 0 Å². The summed E-state index contributed by atoms with van der Waals surface area (Å²) in [5.41, 5.74) is 0.699. The summed E-state index contributed by atoms with van der Waals surface area (Å²) >= 11 is 0. The fourth-order valence-corrected chi connectivity index (χ4v) is 5.02. The molecule has 6 rings (SSSR count). The van der Waals surface area contributed by atoms with Crippen molar-refractivity contribution in [2.75, 3.05) is 6.61 Å². The summed E-state index contributed by atoms with van der Waals surface area (Å²) in [7, 11) is 0. The number of hydrogen-bond acceptors (Lipinski definition) is 4. The molecule has 4 nitrogen and oxygen atoms in total. The number of aliphatic hydroxyl groups excluding tert-OH is 2. The van der Waals surface area contributed by atoms with E-state index in [1.807, 2.05) is 0 Å². The Hall–Kier alpha value is -1.52. The third-order valence-electron chi connectivity index (χ3n) is 5.67. The van der Waals surface area contributed by atoms with Crippen LogP contribution < -0.4 is 0 Å². The van der Waals surface area contributed by atoms with Gasteiger partial charge in [0, 0.05) is 12.2 Å². The van der Waals surface area contributed by atoms with Gasteiger partial charge in [-0.1, -0.05) is 0 Å². The SMILES string of the molecule is C1C2CC3CC1CC(C2)C3.CCO.OC(c1ccoc1)c1ccco1. The minimum Gasteiger partial charge on any atom is -0.472 e. The van der Waals surface area contributed by atoms with Gasteiger partial charge in [-0.2, -0.15) is 0 Å². The minimum absolute atomic E-state index is 0.250. The van der Waals surface area contributed by atoms with Crippen LogP contribution in [0.15, 0.2) is 45.8 Å². The van der Waals surface area contributed by atoms with Crippen molar-refractivity contribution in [3.63, 3.8) is 0 Å². The lowest BCUT2D eigenvalue weighted by atomic mass is 9.56. The molecule has 4 heteroatoms. The van der Waals surface area contributed by atoms with Gasteiger partial charge in [0.25, 0.3) is 0 Å². The van der Waals surface area contributed by atoms with Crippen LogP contribution in [0.3, 0.4) is 0 Å². The van der Waals surface area contributed by atoms with Crippen molar-refractivity contribution in [1.29, 1.82) is 0 Å². The van der Waals surface area contributed by atoms with E-state index in [2.05, 4.69) is 0 Å². The standard InChI is InChI=1S/C10H16.C9H8O3.C2H6O/c1-7-2-9-4-8(1)5-10(3-7)6-9;10-9(7-3-5-11-6-7)8-2-1-4-12-8;1-2-3/h7-10H,1-6H2;1-6,9-10H;3H,2H2,1H3. The first-order chi connectivity index (χ1) is 12.2. The quantitative estimate of drug-likeness (QED) is 0.821. The first kappa shape index (κ1) is 18.3. The Morgan fingerprint density at radius 1 is 0.960 bits per heavy atom. The maximum atomic E-state index is 9.62. The van der Waals surface area contributed by atoms with E-state index in [1.54, 1.807) is 63.6 Å². The summed E-state index contributed by atoms with van der Waals surface area (Å²) in [6.45, 7) is 1.93. The molecule has 4 aliphatic carbocycles. The van der Waals surface area contributed by atoms with E-state index in [-0.39, 0.29) is 6.61 Å². The van der Waals surface area contributed by atoms with E-state index in [9.17, 15) is 5.11 Å². The van der Waals surface area contributed by atoms with Crippen LogP contribution in [0, 0.1) is 23.7 Å². The zero-order valence-corrected chi connectivity index (χ0v) is 15.0. The van der Waals surface area contributed by atoms with Crippen molar-refractivity contribution < 1.29 is 19.0 Å². The Morgan fingerprint density at radius 2 is 1.48 bits per heavy atom. The average Bonchev–Trinajstić information content (AvgIpc) is 3.29. The molecule has 25 heavy (non-hydrogen) atoms. The number of hydrogen-bond donors (Lipinski definition) is 2. The van der Waals surface area contributed by atoms with Gasteiger partial charge in [0.1, 0.15) is 11.9 Å². The van der Waals surface area contributed by atoms with Gasteiger partial charge in [-0.25, -0.2) is 0 Å². The van der Waals surface area contributed by atoms with Gasteiger partial charge in [0.05, 0.1) is 18.8 Å². The second kappa shape index (κ2) is 8.72. The summed E-state index contributed by atoms with van der Waals surface area (Å²) in [6, 6.07) is 5.16. The molecule has 4 aliphatic rings. The second-order valence-corrected chi connectivity index (χ2v) is 7.67. The van der Waals surface area contributed by atoms with Crippen LogP contribution in [-0.2, 0) is 0 Å². The lowest BCUT2D eigenvalue weighted by Gasteiger charge is -2.49. The van der Waals surface area contributed by atoms with Crippen molar-refractivity contribution in [2.24, 2.45) is 23.7 Å². The molecule has 138 valence electrons. The predicted octanol–water partition coefficient (Wildman–Crippen LogP) is 4.79. The third kappa shape index (κ3) is 4.77. The van der Waals surface area contributed by atoms with Crippen LogP contribution in [-0.4, -0.2) is 16.8 Å². The Bertz CT molecular complexity index is 497. The van der Waals surface area contributed by atoms with Crippen LogP contribution in [0.4, 0.5) is 0 Å². The number of furan rings is 2. The highest BCUT2D eigenvalue weighted by Crippen LogP contribution is 2.53. The molecule has 2 aromatic heterocycles. The highest BCUT2D eigenvalue weighted by molar-refractivity contribution is 5.19. The maximum absolute atomic E-state index is 9.62. The number of aliphatic hydroxyl groups is 2. The highest BCUT2D eigenvalue weighted by atomic mass is 16.4. The third-order valence-corrected chi connectivity index (χ3v) is 5.67. The van der Waals surface area contributed by atoms with Gasteiger partial charge < -0.3 is 19.0 Å². The molecule has 2 heterocycles. The summed E-state index contributed by atoms with van der Waals surface area (Å²) in [4.78, 5) is 0. The van der Waals surface area contributed by atoms with E-state index < -0.39 is 6.10 Å². The molecule has 1 atom stereocenters. The van der Waals surface area contributed by atoms with Crippen molar-refractivity contribution >= 4 is 0 Å². The Morgan fingerprint density at radius 3 is 1.84 bits per heavy atom. The summed E-state index contributed by atoms with van der Waals surface area (Å²) in [5, 5.41) is 17.2. The van der Waals surface area contributed by atoms with Gasteiger partial charge in [-0.05, 0) is 87.3 Å². The lowest BCUT2D eigenvalue weighted by Crippen LogP contribution is -2.38. The molecule has 0 radical (unpaired) electrons. The molecular weight excluding hydrogens is 316 g/mol. The van der Waals surface area contributed by atoms with E-state index in [4.69, 9.17) is 13.9 Å². The van der Waals surface area contributed by atoms with E-state index in [0.717, 1.165) is 0 Å². The maximum Gasteiger partial charge on any atom is 0.140 e. The first-order valence-electron chi connectivity index (χ1n) is 9.54. The first-order valence-corrected chi connectivity index (χ1v) is 9.54. The number of rotatable bonds is 2. The van der Waals surface area contributed by atoms with E-state index in [1.165, 1.54) is 42.5 Å². The molecule has 2 aromatic rings. The molecule has 0 spiro atoms. The predicted molar refractivity (Wildman–Crippen MR) is 95.9 cm³/mol. The van der Waals surface area contributed by atoms with Gasteiger partial charge in [0.15, 0.2) is 0 Å². The molecule has 0 amide bonds. The van der Waals surface area contributed by atoms with Gasteiger partial charge in [-0.15, -0.1) is 0 Å². The zero-order chi connectivity index (χ0) is 17.6. The average molecular weight is 346 g/mol. The van der Waals surface area contributed by atoms with Crippen LogP contribution in [0.5, 0.6) is 0 Å². The largest absolute Gasteiger partial charge is 0.472 e. The summed E-state index contributed by atoms with van der Waals surface area (Å²) in [6.07, 6.45) is 13.4. The van der Waals surface area contributed by atoms with Crippen molar-refractivity contribution in [3.8, 4) is 0 Å². The van der Waals surface area contributed by atoms with Crippen molar-refractivity contribution in [3.05, 3.63) is 48.3 Å². The lowest BCUT2D eigenvalue weighted by molar-refractivity contribution is 0.0198. The Balaban J connectivity index is 0.000000128. The molecule has 0 aromatic carbocycles.